The first-order valence-corrected chi connectivity index (χ1v) is 12.3. The van der Waals surface area contributed by atoms with Crippen molar-refractivity contribution in [2.45, 2.75) is 149 Å². The van der Waals surface area contributed by atoms with E-state index >= 15 is 0 Å². The second kappa shape index (κ2) is 19.4. The molecule has 0 aliphatic carbocycles. The molecule has 0 fully saturated rings. The normalized spacial score (nSPS) is 12.9. The maximum absolute atomic E-state index is 11.5. The third kappa shape index (κ3) is 21.9. The van der Waals surface area contributed by atoms with E-state index in [0.29, 0.717) is 24.7 Å². The molecule has 0 aromatic carbocycles. The molecule has 4 nitrogen and oxygen atoms in total. The zero-order chi connectivity index (χ0) is 21.9. The fourth-order valence-corrected chi connectivity index (χ4v) is 3.48. The number of hydrogen-bond donors (Lipinski definition) is 0. The third-order valence-electron chi connectivity index (χ3n) is 4.86. The van der Waals surface area contributed by atoms with E-state index in [2.05, 4.69) is 27.7 Å². The predicted molar refractivity (Wildman–Crippen MR) is 122 cm³/mol. The average Bonchev–Trinajstić information content (AvgIpc) is 2.61. The molecule has 0 bridgehead atoms. The van der Waals surface area contributed by atoms with Gasteiger partial charge in [-0.1, -0.05) is 51.4 Å². The smallest absolute Gasteiger partial charge is 0.306 e. The van der Waals surface area contributed by atoms with Gasteiger partial charge in [0.05, 0.1) is 24.4 Å². The van der Waals surface area contributed by atoms with Crippen LogP contribution < -0.4 is 0 Å². The SMILES string of the molecule is CC(C)OCCCCCCC(CCCCCCCCC(=O)OC(C)C)OC(C)C. The summed E-state index contributed by atoms with van der Waals surface area (Å²) >= 11 is 0. The summed E-state index contributed by atoms with van der Waals surface area (Å²) < 4.78 is 16.9. The molecule has 29 heavy (non-hydrogen) atoms. The third-order valence-corrected chi connectivity index (χ3v) is 4.86. The average molecular weight is 415 g/mol. The van der Waals surface area contributed by atoms with E-state index < -0.39 is 0 Å². The summed E-state index contributed by atoms with van der Waals surface area (Å²) in [6.45, 7) is 13.2. The molecule has 0 aromatic rings. The maximum Gasteiger partial charge on any atom is 0.306 e. The number of carbonyl (C=O) groups is 1. The number of rotatable bonds is 20. The number of ether oxygens (including phenoxy) is 3. The Morgan fingerprint density at radius 3 is 1.66 bits per heavy atom. The highest BCUT2D eigenvalue weighted by Crippen LogP contribution is 2.18. The highest BCUT2D eigenvalue weighted by molar-refractivity contribution is 5.69. The van der Waals surface area contributed by atoms with Crippen LogP contribution in [0.15, 0.2) is 0 Å². The molecule has 0 aromatic heterocycles. The second-order valence-corrected chi connectivity index (χ2v) is 9.13. The second-order valence-electron chi connectivity index (χ2n) is 9.13. The zero-order valence-corrected chi connectivity index (χ0v) is 20.3. The van der Waals surface area contributed by atoms with E-state index in [4.69, 9.17) is 14.2 Å². The molecular formula is C25H50O4. The molecule has 0 spiro atoms. The number of esters is 1. The summed E-state index contributed by atoms with van der Waals surface area (Å²) in [6.07, 6.45) is 16.0. The zero-order valence-electron chi connectivity index (χ0n) is 20.3. The van der Waals surface area contributed by atoms with E-state index in [1.807, 2.05) is 13.8 Å². The molecule has 0 saturated carbocycles. The lowest BCUT2D eigenvalue weighted by Crippen LogP contribution is -2.18. The van der Waals surface area contributed by atoms with Gasteiger partial charge in [0.25, 0.3) is 0 Å². The molecule has 0 aliphatic rings. The number of hydrogen-bond acceptors (Lipinski definition) is 4. The highest BCUT2D eigenvalue weighted by atomic mass is 16.5. The van der Waals surface area contributed by atoms with E-state index in [9.17, 15) is 4.79 Å². The van der Waals surface area contributed by atoms with Crippen LogP contribution in [0.2, 0.25) is 0 Å². The minimum Gasteiger partial charge on any atom is -0.463 e. The molecule has 0 aliphatic heterocycles. The van der Waals surface area contributed by atoms with Crippen molar-refractivity contribution < 1.29 is 19.0 Å². The summed E-state index contributed by atoms with van der Waals surface area (Å²) in [5, 5.41) is 0. The van der Waals surface area contributed by atoms with Gasteiger partial charge in [0.2, 0.25) is 0 Å². The molecule has 0 saturated heterocycles. The summed E-state index contributed by atoms with van der Waals surface area (Å²) in [5.41, 5.74) is 0. The van der Waals surface area contributed by atoms with Gasteiger partial charge >= 0.3 is 5.97 Å². The van der Waals surface area contributed by atoms with Crippen LogP contribution in [0.25, 0.3) is 0 Å². The van der Waals surface area contributed by atoms with Crippen LogP contribution in [0.5, 0.6) is 0 Å². The Hall–Kier alpha value is -0.610. The van der Waals surface area contributed by atoms with E-state index in [-0.39, 0.29) is 12.1 Å². The summed E-state index contributed by atoms with van der Waals surface area (Å²) in [5.74, 6) is -0.0545. The Balaban J connectivity index is 3.67. The van der Waals surface area contributed by atoms with E-state index in [1.54, 1.807) is 0 Å². The fourth-order valence-electron chi connectivity index (χ4n) is 3.48. The standard InChI is InChI=1S/C25H50O4/c1-21(2)27-20-16-12-11-14-18-24(28-22(3)4)17-13-9-7-8-10-15-19-25(26)29-23(5)6/h21-24H,7-20H2,1-6H3. The molecule has 0 heterocycles. The first-order chi connectivity index (χ1) is 13.8. The Morgan fingerprint density at radius 2 is 1.14 bits per heavy atom. The topological polar surface area (TPSA) is 44.8 Å². The quantitative estimate of drug-likeness (QED) is 0.156. The van der Waals surface area contributed by atoms with Crippen LogP contribution in [0.1, 0.15) is 125 Å². The largest absolute Gasteiger partial charge is 0.463 e. The Labute approximate surface area is 181 Å². The molecule has 174 valence electrons. The summed E-state index contributed by atoms with van der Waals surface area (Å²) in [6, 6.07) is 0. The van der Waals surface area contributed by atoms with Crippen molar-refractivity contribution in [3.8, 4) is 0 Å². The van der Waals surface area contributed by atoms with Crippen molar-refractivity contribution in [1.29, 1.82) is 0 Å². The molecule has 4 heteroatoms. The van der Waals surface area contributed by atoms with Crippen molar-refractivity contribution in [2.75, 3.05) is 6.61 Å². The van der Waals surface area contributed by atoms with Crippen molar-refractivity contribution in [2.24, 2.45) is 0 Å². The van der Waals surface area contributed by atoms with Gasteiger partial charge in [-0.25, -0.2) is 0 Å². The van der Waals surface area contributed by atoms with Crippen LogP contribution in [0.4, 0.5) is 0 Å². The van der Waals surface area contributed by atoms with Crippen LogP contribution in [-0.2, 0) is 19.0 Å². The summed E-state index contributed by atoms with van der Waals surface area (Å²) in [7, 11) is 0. The van der Waals surface area contributed by atoms with Gasteiger partial charge in [0.15, 0.2) is 0 Å². The number of unbranched alkanes of at least 4 members (excludes halogenated alkanes) is 8. The van der Waals surface area contributed by atoms with Crippen molar-refractivity contribution in [1.82, 2.24) is 0 Å². The molecule has 0 radical (unpaired) electrons. The summed E-state index contributed by atoms with van der Waals surface area (Å²) in [4.78, 5) is 11.5. The van der Waals surface area contributed by atoms with Gasteiger partial charge in [-0.05, 0) is 67.2 Å². The lowest BCUT2D eigenvalue weighted by Gasteiger charge is -2.20. The Morgan fingerprint density at radius 1 is 0.621 bits per heavy atom. The van der Waals surface area contributed by atoms with Gasteiger partial charge in [-0.3, -0.25) is 4.79 Å². The lowest BCUT2D eigenvalue weighted by atomic mass is 10.0. The van der Waals surface area contributed by atoms with E-state index in [1.165, 1.54) is 64.2 Å². The molecule has 1 atom stereocenters. The first kappa shape index (κ1) is 28.4. The van der Waals surface area contributed by atoms with Crippen LogP contribution in [0.3, 0.4) is 0 Å². The van der Waals surface area contributed by atoms with Crippen molar-refractivity contribution in [3.63, 3.8) is 0 Å². The lowest BCUT2D eigenvalue weighted by molar-refractivity contribution is -0.147. The van der Waals surface area contributed by atoms with Gasteiger partial charge in [-0.2, -0.15) is 0 Å². The van der Waals surface area contributed by atoms with Crippen LogP contribution in [-0.4, -0.2) is 37.0 Å². The predicted octanol–water partition coefficient (Wildman–Crippen LogP) is 7.23. The van der Waals surface area contributed by atoms with Gasteiger partial charge in [-0.15, -0.1) is 0 Å². The van der Waals surface area contributed by atoms with Crippen LogP contribution >= 0.6 is 0 Å². The molecule has 1 unspecified atom stereocenters. The Bertz CT molecular complexity index is 366. The van der Waals surface area contributed by atoms with E-state index in [0.717, 1.165) is 19.4 Å². The number of carbonyl (C=O) groups excluding carboxylic acids is 1. The van der Waals surface area contributed by atoms with Crippen molar-refractivity contribution >= 4 is 5.97 Å². The molecule has 0 rings (SSSR count). The highest BCUT2D eigenvalue weighted by Gasteiger charge is 2.11. The molecule has 0 amide bonds. The van der Waals surface area contributed by atoms with Gasteiger partial charge < -0.3 is 14.2 Å². The fraction of sp³-hybridized carbons (Fsp3) is 0.960. The maximum atomic E-state index is 11.5. The minimum absolute atomic E-state index is 0.00222. The van der Waals surface area contributed by atoms with Gasteiger partial charge in [0.1, 0.15) is 0 Å². The van der Waals surface area contributed by atoms with Gasteiger partial charge in [0, 0.05) is 13.0 Å². The molecule has 0 N–H and O–H groups in total. The monoisotopic (exact) mass is 414 g/mol. The minimum atomic E-state index is -0.0545. The van der Waals surface area contributed by atoms with Crippen LogP contribution in [0, 0.1) is 0 Å². The first-order valence-electron chi connectivity index (χ1n) is 12.3. The molecular weight excluding hydrogens is 364 g/mol. The Kier molecular flexibility index (Phi) is 19.0. The van der Waals surface area contributed by atoms with Crippen molar-refractivity contribution in [3.05, 3.63) is 0 Å².